The molecule has 3 amide bonds. The van der Waals surface area contributed by atoms with Gasteiger partial charge in [-0.05, 0) is 85.3 Å². The maximum Gasteiger partial charge on any atom is 0.272 e. The van der Waals surface area contributed by atoms with E-state index in [0.717, 1.165) is 4.90 Å². The summed E-state index contributed by atoms with van der Waals surface area (Å²) in [6, 6.07) is 27.9. The molecule has 43 heavy (non-hydrogen) atoms. The van der Waals surface area contributed by atoms with Gasteiger partial charge in [0.15, 0.2) is 0 Å². The van der Waals surface area contributed by atoms with E-state index in [1.165, 1.54) is 18.9 Å². The van der Waals surface area contributed by atoms with Crippen molar-refractivity contribution in [2.75, 3.05) is 24.9 Å². The average Bonchev–Trinajstić information content (AvgIpc) is 3.02. The highest BCUT2D eigenvalue weighted by Crippen LogP contribution is 2.29. The van der Waals surface area contributed by atoms with Gasteiger partial charge in [0.2, 0.25) is 5.91 Å². The molecule has 1 unspecified atom stereocenters. The van der Waals surface area contributed by atoms with Gasteiger partial charge in [0, 0.05) is 21.8 Å². The number of carbonyl (C=O) groups is 3. The number of nitrogens with one attached hydrogen (secondary N) is 3. The van der Waals surface area contributed by atoms with Gasteiger partial charge in [-0.2, -0.15) is 0 Å². The second-order valence-corrected chi connectivity index (χ2v) is 11.1. The van der Waals surface area contributed by atoms with Gasteiger partial charge >= 0.3 is 0 Å². The van der Waals surface area contributed by atoms with Crippen LogP contribution in [0.2, 0.25) is 5.02 Å². The number of anilines is 2. The van der Waals surface area contributed by atoms with E-state index >= 15 is 0 Å². The number of ether oxygens (including phenoxy) is 2. The van der Waals surface area contributed by atoms with Crippen LogP contribution >= 0.6 is 23.4 Å². The summed E-state index contributed by atoms with van der Waals surface area (Å²) in [5.41, 5.74) is 2.24. The number of carbonyl (C=O) groups excluding carboxylic acids is 3. The van der Waals surface area contributed by atoms with Crippen LogP contribution in [0.3, 0.4) is 0 Å². The van der Waals surface area contributed by atoms with Crippen molar-refractivity contribution in [2.45, 2.75) is 17.1 Å². The zero-order valence-corrected chi connectivity index (χ0v) is 25.3. The summed E-state index contributed by atoms with van der Waals surface area (Å²) in [5.74, 6) is 0.0340. The van der Waals surface area contributed by atoms with Crippen molar-refractivity contribution in [3.05, 3.63) is 119 Å². The van der Waals surface area contributed by atoms with Crippen LogP contribution in [0.25, 0.3) is 6.08 Å². The Balaban J connectivity index is 1.43. The van der Waals surface area contributed by atoms with E-state index in [4.69, 9.17) is 21.1 Å². The van der Waals surface area contributed by atoms with Crippen LogP contribution in [0, 0.1) is 0 Å². The predicted molar refractivity (Wildman–Crippen MR) is 172 cm³/mol. The number of rotatable bonds is 11. The number of hydrogen-bond donors (Lipinski definition) is 3. The van der Waals surface area contributed by atoms with Gasteiger partial charge in [-0.1, -0.05) is 41.9 Å². The van der Waals surface area contributed by atoms with Gasteiger partial charge in [0.05, 0.1) is 24.5 Å². The summed E-state index contributed by atoms with van der Waals surface area (Å²) in [6.45, 7) is 1.80. The Kier molecular flexibility index (Phi) is 10.9. The molecular formula is C33H30ClN3O5S. The van der Waals surface area contributed by atoms with E-state index in [1.54, 1.807) is 99.0 Å². The Morgan fingerprint density at radius 3 is 2.21 bits per heavy atom. The number of amides is 3. The molecule has 10 heteroatoms. The monoisotopic (exact) mass is 615 g/mol. The van der Waals surface area contributed by atoms with Gasteiger partial charge in [-0.25, -0.2) is 0 Å². The van der Waals surface area contributed by atoms with Crippen LogP contribution in [0.5, 0.6) is 11.5 Å². The van der Waals surface area contributed by atoms with Gasteiger partial charge in [0.25, 0.3) is 11.8 Å². The van der Waals surface area contributed by atoms with E-state index in [9.17, 15) is 14.4 Å². The van der Waals surface area contributed by atoms with E-state index in [-0.39, 0.29) is 11.6 Å². The first-order valence-electron chi connectivity index (χ1n) is 13.2. The summed E-state index contributed by atoms with van der Waals surface area (Å²) in [6.07, 6.45) is 1.58. The first-order chi connectivity index (χ1) is 20.7. The molecule has 4 aromatic rings. The van der Waals surface area contributed by atoms with Crippen molar-refractivity contribution in [1.29, 1.82) is 0 Å². The number of benzene rings is 4. The smallest absolute Gasteiger partial charge is 0.272 e. The lowest BCUT2D eigenvalue weighted by atomic mass is 10.1. The minimum absolute atomic E-state index is 0.0597. The molecule has 0 aliphatic heterocycles. The molecular weight excluding hydrogens is 586 g/mol. The van der Waals surface area contributed by atoms with Crippen molar-refractivity contribution in [1.82, 2.24) is 5.32 Å². The molecule has 220 valence electrons. The Labute approximate surface area is 259 Å². The third-order valence-corrected chi connectivity index (χ3v) is 7.55. The van der Waals surface area contributed by atoms with Crippen LogP contribution in [-0.2, 0) is 9.59 Å². The van der Waals surface area contributed by atoms with Crippen LogP contribution in [0.15, 0.2) is 108 Å². The predicted octanol–water partition coefficient (Wildman–Crippen LogP) is 6.89. The Hall–Kier alpha value is -4.73. The van der Waals surface area contributed by atoms with Crippen molar-refractivity contribution in [2.24, 2.45) is 0 Å². The fourth-order valence-corrected chi connectivity index (χ4v) is 5.03. The average molecular weight is 616 g/mol. The van der Waals surface area contributed by atoms with E-state index < -0.39 is 17.1 Å². The molecule has 0 spiro atoms. The standard InChI is InChI=1S/C33H30ClN3O5S/c1-21(31(38)36-25-14-17-30(42-3)28(34)20-25)43-27-15-12-24(13-16-27)35-33(40)29(19-22-8-7-11-26(18-22)41-2)37-32(39)23-9-5-4-6-10-23/h4-21H,1-3H3,(H,35,40)(H,36,38)(H,37,39)/b29-19-. The van der Waals surface area contributed by atoms with Gasteiger partial charge in [-0.3, -0.25) is 14.4 Å². The molecule has 0 aliphatic carbocycles. The highest BCUT2D eigenvalue weighted by atomic mass is 35.5. The number of methoxy groups -OCH3 is 2. The van der Waals surface area contributed by atoms with Gasteiger partial charge in [-0.15, -0.1) is 11.8 Å². The van der Waals surface area contributed by atoms with Crippen molar-refractivity contribution in [3.63, 3.8) is 0 Å². The summed E-state index contributed by atoms with van der Waals surface area (Å²) < 4.78 is 10.4. The van der Waals surface area contributed by atoms with Crippen LogP contribution in [0.1, 0.15) is 22.8 Å². The zero-order chi connectivity index (χ0) is 30.8. The minimum atomic E-state index is -0.501. The van der Waals surface area contributed by atoms with Crippen molar-refractivity contribution >= 4 is 58.5 Å². The molecule has 0 saturated heterocycles. The molecule has 0 saturated carbocycles. The largest absolute Gasteiger partial charge is 0.497 e. The fraction of sp³-hybridized carbons (Fsp3) is 0.121. The molecule has 1 atom stereocenters. The molecule has 8 nitrogen and oxygen atoms in total. The molecule has 0 radical (unpaired) electrons. The van der Waals surface area contributed by atoms with Gasteiger partial charge in [0.1, 0.15) is 17.2 Å². The fourth-order valence-electron chi connectivity index (χ4n) is 3.90. The topological polar surface area (TPSA) is 106 Å². The van der Waals surface area contributed by atoms with Crippen LogP contribution < -0.4 is 25.4 Å². The first-order valence-corrected chi connectivity index (χ1v) is 14.5. The Morgan fingerprint density at radius 1 is 0.814 bits per heavy atom. The third-order valence-electron chi connectivity index (χ3n) is 6.15. The van der Waals surface area contributed by atoms with E-state index in [1.807, 2.05) is 18.2 Å². The quantitative estimate of drug-likeness (QED) is 0.125. The summed E-state index contributed by atoms with van der Waals surface area (Å²) in [4.78, 5) is 39.8. The number of halogens is 1. The molecule has 0 heterocycles. The number of hydrogen-bond acceptors (Lipinski definition) is 6. The van der Waals surface area contributed by atoms with Gasteiger partial charge < -0.3 is 25.4 Å². The third kappa shape index (κ3) is 8.88. The molecule has 4 aromatic carbocycles. The second kappa shape index (κ2) is 14.9. The van der Waals surface area contributed by atoms with E-state index in [2.05, 4.69) is 16.0 Å². The lowest BCUT2D eigenvalue weighted by molar-refractivity contribution is -0.115. The lowest BCUT2D eigenvalue weighted by Gasteiger charge is -2.14. The van der Waals surface area contributed by atoms with E-state index in [0.29, 0.717) is 39.0 Å². The molecule has 0 bridgehead atoms. The molecule has 3 N–H and O–H groups in total. The normalized spacial score (nSPS) is 11.7. The molecule has 0 fully saturated rings. The highest BCUT2D eigenvalue weighted by Gasteiger charge is 2.17. The second-order valence-electron chi connectivity index (χ2n) is 9.23. The number of thioether (sulfide) groups is 1. The first kappa shape index (κ1) is 31.2. The summed E-state index contributed by atoms with van der Waals surface area (Å²) >= 11 is 7.52. The Bertz CT molecular complexity index is 1630. The maximum absolute atomic E-state index is 13.3. The van der Waals surface area contributed by atoms with Crippen molar-refractivity contribution < 1.29 is 23.9 Å². The zero-order valence-electron chi connectivity index (χ0n) is 23.7. The highest BCUT2D eigenvalue weighted by molar-refractivity contribution is 8.00. The minimum Gasteiger partial charge on any atom is -0.497 e. The van der Waals surface area contributed by atoms with Crippen LogP contribution in [-0.4, -0.2) is 37.2 Å². The SMILES string of the molecule is COc1cccc(/C=C(\NC(=O)c2ccccc2)C(=O)Nc2ccc(SC(C)C(=O)Nc3ccc(OC)c(Cl)c3)cc2)c1. The van der Waals surface area contributed by atoms with Crippen LogP contribution in [0.4, 0.5) is 11.4 Å². The summed E-state index contributed by atoms with van der Waals surface area (Å²) in [7, 11) is 3.08. The maximum atomic E-state index is 13.3. The van der Waals surface area contributed by atoms with Crippen molar-refractivity contribution in [3.8, 4) is 11.5 Å². The lowest BCUT2D eigenvalue weighted by Crippen LogP contribution is -2.30. The molecule has 0 aromatic heterocycles. The molecule has 4 rings (SSSR count). The summed E-state index contributed by atoms with van der Waals surface area (Å²) in [5, 5.41) is 8.40. The Morgan fingerprint density at radius 2 is 1.53 bits per heavy atom. The molecule has 0 aliphatic rings.